The van der Waals surface area contributed by atoms with Gasteiger partial charge in [0.05, 0.1) is 0 Å². The molecule has 1 heterocycles. The Kier molecular flexibility index (Phi) is 7.88. The van der Waals surface area contributed by atoms with Gasteiger partial charge in [-0.3, -0.25) is 9.59 Å². The van der Waals surface area contributed by atoms with Gasteiger partial charge in [-0.2, -0.15) is 5.10 Å². The highest BCUT2D eigenvalue weighted by molar-refractivity contribution is 5.89. The standard InChI is InChI=1S/C17H25N3O4/c1-5-7-10-20-15(21)9-8-14(18-20)17(23)24-12-16(22)19(6-2)11-13(3)4/h8-9H,3,5-7,10-12H2,1-2,4H3. The number of amides is 1. The highest BCUT2D eigenvalue weighted by Crippen LogP contribution is 2.00. The zero-order chi connectivity index (χ0) is 18.1. The second kappa shape index (κ2) is 9.64. The predicted octanol–water partition coefficient (Wildman–Crippen LogP) is 1.62. The lowest BCUT2D eigenvalue weighted by atomic mass is 10.3. The number of carbonyl (C=O) groups excluding carboxylic acids is 2. The minimum atomic E-state index is -0.722. The summed E-state index contributed by atoms with van der Waals surface area (Å²) in [5.41, 5.74) is 0.595. The Morgan fingerprint density at radius 2 is 2.04 bits per heavy atom. The van der Waals surface area contributed by atoms with E-state index in [-0.39, 0.29) is 23.8 Å². The largest absolute Gasteiger partial charge is 0.451 e. The number of likely N-dealkylation sites (N-methyl/N-ethyl adjacent to an activating group) is 1. The molecule has 0 aromatic carbocycles. The van der Waals surface area contributed by atoms with Crippen molar-refractivity contribution in [3.8, 4) is 0 Å². The summed E-state index contributed by atoms with van der Waals surface area (Å²) in [5.74, 6) is -1.02. The van der Waals surface area contributed by atoms with Gasteiger partial charge < -0.3 is 9.64 Å². The lowest BCUT2D eigenvalue weighted by Gasteiger charge is -2.20. The first kappa shape index (κ1) is 19.6. The Hall–Kier alpha value is -2.44. The molecule has 0 fully saturated rings. The topological polar surface area (TPSA) is 81.5 Å². The van der Waals surface area contributed by atoms with Gasteiger partial charge in [0, 0.05) is 25.7 Å². The molecule has 0 saturated heterocycles. The number of carbonyl (C=O) groups is 2. The van der Waals surface area contributed by atoms with E-state index in [9.17, 15) is 14.4 Å². The van der Waals surface area contributed by atoms with Gasteiger partial charge >= 0.3 is 5.97 Å². The Balaban J connectivity index is 2.69. The average Bonchev–Trinajstić information content (AvgIpc) is 2.56. The van der Waals surface area contributed by atoms with Gasteiger partial charge in [0.2, 0.25) is 0 Å². The third kappa shape index (κ3) is 5.98. The summed E-state index contributed by atoms with van der Waals surface area (Å²) in [4.78, 5) is 37.3. The first-order valence-electron chi connectivity index (χ1n) is 8.06. The highest BCUT2D eigenvalue weighted by atomic mass is 16.5. The smallest absolute Gasteiger partial charge is 0.359 e. The maximum Gasteiger partial charge on any atom is 0.359 e. The zero-order valence-electron chi connectivity index (χ0n) is 14.6. The number of ether oxygens (including phenoxy) is 1. The van der Waals surface area contributed by atoms with Crippen LogP contribution in [0.5, 0.6) is 0 Å². The van der Waals surface area contributed by atoms with Gasteiger partial charge in [-0.15, -0.1) is 0 Å². The quantitative estimate of drug-likeness (QED) is 0.506. The van der Waals surface area contributed by atoms with E-state index in [2.05, 4.69) is 11.7 Å². The predicted molar refractivity (Wildman–Crippen MR) is 90.8 cm³/mol. The van der Waals surface area contributed by atoms with E-state index in [4.69, 9.17) is 4.74 Å². The van der Waals surface area contributed by atoms with Crippen molar-refractivity contribution in [2.75, 3.05) is 19.7 Å². The lowest BCUT2D eigenvalue weighted by molar-refractivity contribution is -0.133. The van der Waals surface area contributed by atoms with Crippen LogP contribution in [0, 0.1) is 0 Å². The van der Waals surface area contributed by atoms with E-state index >= 15 is 0 Å². The van der Waals surface area contributed by atoms with Crippen LogP contribution in [0.3, 0.4) is 0 Å². The number of esters is 1. The molecule has 7 nitrogen and oxygen atoms in total. The fraction of sp³-hybridized carbons (Fsp3) is 0.529. The maximum absolute atomic E-state index is 12.0. The van der Waals surface area contributed by atoms with Gasteiger partial charge in [-0.1, -0.05) is 25.5 Å². The van der Waals surface area contributed by atoms with Crippen LogP contribution in [0.4, 0.5) is 0 Å². The molecule has 24 heavy (non-hydrogen) atoms. The van der Waals surface area contributed by atoms with E-state index in [1.807, 2.05) is 20.8 Å². The normalized spacial score (nSPS) is 10.3. The molecule has 0 aliphatic heterocycles. The van der Waals surface area contributed by atoms with E-state index in [0.717, 1.165) is 18.4 Å². The minimum absolute atomic E-state index is 0.0152. The molecule has 0 unspecified atom stereocenters. The third-order valence-electron chi connectivity index (χ3n) is 3.32. The lowest BCUT2D eigenvalue weighted by Crippen LogP contribution is -2.35. The van der Waals surface area contributed by atoms with Gasteiger partial charge in [0.25, 0.3) is 11.5 Å². The molecule has 0 atom stereocenters. The monoisotopic (exact) mass is 335 g/mol. The van der Waals surface area contributed by atoms with E-state index < -0.39 is 5.97 Å². The van der Waals surface area contributed by atoms with Crippen molar-refractivity contribution in [1.82, 2.24) is 14.7 Å². The number of hydrogen-bond donors (Lipinski definition) is 0. The van der Waals surface area contributed by atoms with Gasteiger partial charge in [-0.25, -0.2) is 9.48 Å². The van der Waals surface area contributed by atoms with Crippen LogP contribution < -0.4 is 5.56 Å². The number of rotatable bonds is 9. The molecule has 0 aliphatic rings. The summed E-state index contributed by atoms with van der Waals surface area (Å²) in [6.07, 6.45) is 1.70. The van der Waals surface area contributed by atoms with Gasteiger partial charge in [0.1, 0.15) is 0 Å². The molecule has 0 radical (unpaired) electrons. The summed E-state index contributed by atoms with van der Waals surface area (Å²) in [5, 5.41) is 3.99. The summed E-state index contributed by atoms with van der Waals surface area (Å²) in [7, 11) is 0. The van der Waals surface area contributed by atoms with Crippen LogP contribution in [-0.4, -0.2) is 46.3 Å². The summed E-state index contributed by atoms with van der Waals surface area (Å²) in [6.45, 7) is 10.4. The molecule has 0 spiro atoms. The van der Waals surface area contributed by atoms with Crippen LogP contribution in [0.2, 0.25) is 0 Å². The van der Waals surface area contributed by atoms with E-state index in [1.54, 1.807) is 4.90 Å². The molecule has 1 rings (SSSR count). The van der Waals surface area contributed by atoms with Crippen molar-refractivity contribution in [2.45, 2.75) is 40.2 Å². The van der Waals surface area contributed by atoms with Crippen LogP contribution in [0.1, 0.15) is 44.1 Å². The highest BCUT2D eigenvalue weighted by Gasteiger charge is 2.16. The third-order valence-corrected chi connectivity index (χ3v) is 3.32. The maximum atomic E-state index is 12.0. The summed E-state index contributed by atoms with van der Waals surface area (Å²) < 4.78 is 6.25. The van der Waals surface area contributed by atoms with E-state index in [0.29, 0.717) is 19.6 Å². The Morgan fingerprint density at radius 1 is 1.33 bits per heavy atom. The first-order valence-corrected chi connectivity index (χ1v) is 8.06. The molecule has 0 N–H and O–H groups in total. The molecule has 132 valence electrons. The van der Waals surface area contributed by atoms with Crippen molar-refractivity contribution in [1.29, 1.82) is 0 Å². The second-order valence-electron chi connectivity index (χ2n) is 5.57. The minimum Gasteiger partial charge on any atom is -0.451 e. The fourth-order valence-electron chi connectivity index (χ4n) is 2.02. The molecule has 1 amide bonds. The van der Waals surface area contributed by atoms with Crippen molar-refractivity contribution in [2.24, 2.45) is 0 Å². The summed E-state index contributed by atoms with van der Waals surface area (Å²) in [6, 6.07) is 2.59. The Morgan fingerprint density at radius 3 is 2.62 bits per heavy atom. The molecular formula is C17H25N3O4. The van der Waals surface area contributed by atoms with Gasteiger partial charge in [-0.05, 0) is 26.3 Å². The molecule has 1 aromatic heterocycles. The van der Waals surface area contributed by atoms with Crippen LogP contribution in [0.15, 0.2) is 29.1 Å². The van der Waals surface area contributed by atoms with Crippen LogP contribution >= 0.6 is 0 Å². The number of unbranched alkanes of at least 4 members (excludes halogenated alkanes) is 1. The molecule has 0 saturated carbocycles. The Labute approximate surface area is 141 Å². The van der Waals surface area contributed by atoms with Crippen molar-refractivity contribution in [3.05, 3.63) is 40.3 Å². The molecule has 0 bridgehead atoms. The molecule has 1 aromatic rings. The number of aromatic nitrogens is 2. The first-order chi connectivity index (χ1) is 11.4. The van der Waals surface area contributed by atoms with Crippen molar-refractivity contribution >= 4 is 11.9 Å². The molecule has 0 aliphatic carbocycles. The zero-order valence-corrected chi connectivity index (χ0v) is 14.6. The average molecular weight is 335 g/mol. The number of nitrogens with zero attached hydrogens (tertiary/aromatic N) is 3. The number of hydrogen-bond acceptors (Lipinski definition) is 5. The molecule has 7 heteroatoms. The molecular weight excluding hydrogens is 310 g/mol. The van der Waals surface area contributed by atoms with Crippen LogP contribution in [0.25, 0.3) is 0 Å². The van der Waals surface area contributed by atoms with E-state index in [1.165, 1.54) is 16.8 Å². The van der Waals surface area contributed by atoms with Crippen LogP contribution in [-0.2, 0) is 16.1 Å². The summed E-state index contributed by atoms with van der Waals surface area (Å²) >= 11 is 0. The SMILES string of the molecule is C=C(C)CN(CC)C(=O)COC(=O)c1ccc(=O)n(CCCC)n1. The number of aryl methyl sites for hydroxylation is 1. The fourth-order valence-corrected chi connectivity index (χ4v) is 2.02. The van der Waals surface area contributed by atoms with Crippen molar-refractivity contribution < 1.29 is 14.3 Å². The van der Waals surface area contributed by atoms with Crippen molar-refractivity contribution in [3.63, 3.8) is 0 Å². The Bertz CT molecular complexity index is 651. The second-order valence-corrected chi connectivity index (χ2v) is 5.57. The van der Waals surface area contributed by atoms with Gasteiger partial charge in [0.15, 0.2) is 12.3 Å².